The molecule has 0 radical (unpaired) electrons. The molecule has 0 aromatic heterocycles. The summed E-state index contributed by atoms with van der Waals surface area (Å²) < 4.78 is 6.26. The van der Waals surface area contributed by atoms with Crippen molar-refractivity contribution in [1.82, 2.24) is 10.7 Å². The van der Waals surface area contributed by atoms with Gasteiger partial charge in [0.2, 0.25) is 0 Å². The second-order valence-corrected chi connectivity index (χ2v) is 3.68. The molecule has 1 rings (SSSR count). The van der Waals surface area contributed by atoms with E-state index in [0.29, 0.717) is 13.2 Å². The molecule has 0 saturated carbocycles. The highest BCUT2D eigenvalue weighted by atomic mass is 79.9. The fraction of sp³-hybridized carbons (Fsp3) is 0.333. The first kappa shape index (κ1) is 11.5. The molecular weight excluding hydrogens is 246 g/mol. The Bertz CT molecular complexity index is 293. The number of methoxy groups -OCH3 is 1. The van der Waals surface area contributed by atoms with Gasteiger partial charge in [0.15, 0.2) is 0 Å². The van der Waals surface area contributed by atoms with Crippen molar-refractivity contribution in [3.63, 3.8) is 0 Å². The van der Waals surface area contributed by atoms with Gasteiger partial charge in [0.1, 0.15) is 5.75 Å². The normalized spacial score (nSPS) is 10.2. The third-order valence-electron chi connectivity index (χ3n) is 1.78. The molecule has 1 aromatic carbocycles. The van der Waals surface area contributed by atoms with Crippen LogP contribution in [0.1, 0.15) is 5.56 Å². The predicted octanol–water partition coefficient (Wildman–Crippen LogP) is 0.968. The number of ether oxygens (including phenoxy) is 1. The zero-order valence-corrected chi connectivity index (χ0v) is 9.60. The van der Waals surface area contributed by atoms with Crippen LogP contribution in [0.2, 0.25) is 0 Å². The molecule has 5 heteroatoms. The summed E-state index contributed by atoms with van der Waals surface area (Å²) in [7, 11) is 1.66. The van der Waals surface area contributed by atoms with Gasteiger partial charge in [-0.15, -0.1) is 0 Å². The largest absolute Gasteiger partial charge is 0.496 e. The van der Waals surface area contributed by atoms with Crippen molar-refractivity contribution in [2.75, 3.05) is 13.8 Å². The molecule has 78 valence electrons. The minimum absolute atomic E-state index is 0.565. The van der Waals surface area contributed by atoms with Crippen molar-refractivity contribution in [2.45, 2.75) is 6.54 Å². The van der Waals surface area contributed by atoms with Crippen LogP contribution in [-0.4, -0.2) is 13.8 Å². The third kappa shape index (κ3) is 3.26. The van der Waals surface area contributed by atoms with Gasteiger partial charge in [-0.05, 0) is 18.2 Å². The van der Waals surface area contributed by atoms with E-state index in [-0.39, 0.29) is 0 Å². The first-order valence-electron chi connectivity index (χ1n) is 4.24. The summed E-state index contributed by atoms with van der Waals surface area (Å²) in [5.41, 5.74) is 3.62. The van der Waals surface area contributed by atoms with Gasteiger partial charge in [0.25, 0.3) is 0 Å². The predicted molar refractivity (Wildman–Crippen MR) is 59.7 cm³/mol. The van der Waals surface area contributed by atoms with Crippen molar-refractivity contribution in [2.24, 2.45) is 5.84 Å². The lowest BCUT2D eigenvalue weighted by Crippen LogP contribution is -2.33. The molecule has 0 saturated heterocycles. The second-order valence-electron chi connectivity index (χ2n) is 2.76. The summed E-state index contributed by atoms with van der Waals surface area (Å²) in [5, 5.41) is 3.12. The van der Waals surface area contributed by atoms with Gasteiger partial charge in [-0.2, -0.15) is 0 Å². The summed E-state index contributed by atoms with van der Waals surface area (Å²) in [6, 6.07) is 5.89. The van der Waals surface area contributed by atoms with Crippen molar-refractivity contribution in [1.29, 1.82) is 0 Å². The van der Waals surface area contributed by atoms with Crippen LogP contribution >= 0.6 is 15.9 Å². The van der Waals surface area contributed by atoms with Crippen LogP contribution < -0.4 is 21.3 Å². The highest BCUT2D eigenvalue weighted by molar-refractivity contribution is 9.10. The van der Waals surface area contributed by atoms with Crippen LogP contribution in [0, 0.1) is 0 Å². The Labute approximate surface area is 91.9 Å². The molecule has 0 heterocycles. The van der Waals surface area contributed by atoms with E-state index in [9.17, 15) is 0 Å². The highest BCUT2D eigenvalue weighted by Gasteiger charge is 2.02. The average molecular weight is 260 g/mol. The summed E-state index contributed by atoms with van der Waals surface area (Å²) in [5.74, 6) is 6.01. The SMILES string of the molecule is COc1ccc(Br)cc1CNCNN. The van der Waals surface area contributed by atoms with E-state index in [1.54, 1.807) is 7.11 Å². The lowest BCUT2D eigenvalue weighted by molar-refractivity contribution is 0.407. The summed E-state index contributed by atoms with van der Waals surface area (Å²) in [4.78, 5) is 0. The van der Waals surface area contributed by atoms with Crippen molar-refractivity contribution in [3.05, 3.63) is 28.2 Å². The maximum absolute atomic E-state index is 5.22. The number of hydrogen-bond acceptors (Lipinski definition) is 4. The molecule has 0 spiro atoms. The molecular formula is C9H14BrN3O. The quantitative estimate of drug-likeness (QED) is 0.319. The van der Waals surface area contributed by atoms with E-state index < -0.39 is 0 Å². The van der Waals surface area contributed by atoms with Crippen LogP contribution in [0.25, 0.3) is 0 Å². The van der Waals surface area contributed by atoms with Gasteiger partial charge in [-0.25, -0.2) is 5.43 Å². The van der Waals surface area contributed by atoms with Crippen LogP contribution in [0.15, 0.2) is 22.7 Å². The molecule has 0 fully saturated rings. The number of rotatable bonds is 5. The minimum atomic E-state index is 0.565. The highest BCUT2D eigenvalue weighted by Crippen LogP contribution is 2.22. The Hall–Kier alpha value is -0.620. The van der Waals surface area contributed by atoms with Gasteiger partial charge in [0.05, 0.1) is 13.8 Å². The van der Waals surface area contributed by atoms with E-state index in [4.69, 9.17) is 10.6 Å². The van der Waals surface area contributed by atoms with Crippen LogP contribution in [0.4, 0.5) is 0 Å². The number of halogens is 1. The van der Waals surface area contributed by atoms with Gasteiger partial charge in [0, 0.05) is 16.6 Å². The van der Waals surface area contributed by atoms with Crippen LogP contribution in [-0.2, 0) is 6.54 Å². The van der Waals surface area contributed by atoms with Gasteiger partial charge in [-0.1, -0.05) is 15.9 Å². The van der Waals surface area contributed by atoms with Crippen LogP contribution in [0.5, 0.6) is 5.75 Å². The maximum Gasteiger partial charge on any atom is 0.123 e. The van der Waals surface area contributed by atoms with E-state index >= 15 is 0 Å². The molecule has 0 aliphatic carbocycles. The monoisotopic (exact) mass is 259 g/mol. The topological polar surface area (TPSA) is 59.3 Å². The molecule has 0 unspecified atom stereocenters. The summed E-state index contributed by atoms with van der Waals surface area (Å²) in [6.45, 7) is 1.28. The van der Waals surface area contributed by atoms with E-state index in [2.05, 4.69) is 26.7 Å². The van der Waals surface area contributed by atoms with Gasteiger partial charge >= 0.3 is 0 Å². The molecule has 4 nitrogen and oxygen atoms in total. The Morgan fingerprint density at radius 3 is 2.93 bits per heavy atom. The molecule has 0 aliphatic rings. The van der Waals surface area contributed by atoms with Gasteiger partial charge in [-0.3, -0.25) is 11.2 Å². The van der Waals surface area contributed by atoms with Crippen molar-refractivity contribution >= 4 is 15.9 Å². The zero-order chi connectivity index (χ0) is 10.4. The Morgan fingerprint density at radius 2 is 2.29 bits per heavy atom. The number of hydrazine groups is 1. The second kappa shape index (κ2) is 5.98. The van der Waals surface area contributed by atoms with Crippen LogP contribution in [0.3, 0.4) is 0 Å². The fourth-order valence-electron chi connectivity index (χ4n) is 1.15. The Balaban J connectivity index is 2.67. The molecule has 0 bridgehead atoms. The van der Waals surface area contributed by atoms with Crippen molar-refractivity contribution < 1.29 is 4.74 Å². The molecule has 14 heavy (non-hydrogen) atoms. The third-order valence-corrected chi connectivity index (χ3v) is 2.28. The number of nitrogens with one attached hydrogen (secondary N) is 2. The fourth-order valence-corrected chi connectivity index (χ4v) is 1.56. The first-order valence-corrected chi connectivity index (χ1v) is 5.04. The number of benzene rings is 1. The Morgan fingerprint density at radius 1 is 1.50 bits per heavy atom. The van der Waals surface area contributed by atoms with E-state index in [1.165, 1.54) is 0 Å². The lowest BCUT2D eigenvalue weighted by atomic mass is 10.2. The smallest absolute Gasteiger partial charge is 0.123 e. The molecule has 0 aliphatic heterocycles. The molecule has 1 aromatic rings. The summed E-state index contributed by atoms with van der Waals surface area (Å²) >= 11 is 3.41. The molecule has 4 N–H and O–H groups in total. The lowest BCUT2D eigenvalue weighted by Gasteiger charge is -2.09. The maximum atomic E-state index is 5.22. The van der Waals surface area contributed by atoms with Crippen molar-refractivity contribution in [3.8, 4) is 5.75 Å². The van der Waals surface area contributed by atoms with Gasteiger partial charge < -0.3 is 4.74 Å². The minimum Gasteiger partial charge on any atom is -0.496 e. The first-order chi connectivity index (χ1) is 6.77. The standard InChI is InChI=1S/C9H14BrN3O/c1-14-9-3-2-8(10)4-7(9)5-12-6-13-11/h2-4,12-13H,5-6,11H2,1H3. The summed E-state index contributed by atoms with van der Waals surface area (Å²) in [6.07, 6.45) is 0. The zero-order valence-electron chi connectivity index (χ0n) is 8.01. The average Bonchev–Trinajstić information content (AvgIpc) is 2.19. The molecule has 0 atom stereocenters. The number of nitrogens with two attached hydrogens (primary N) is 1. The van der Waals surface area contributed by atoms with E-state index in [0.717, 1.165) is 15.8 Å². The number of hydrogen-bond donors (Lipinski definition) is 3. The Kier molecular flexibility index (Phi) is 4.89. The molecule has 0 amide bonds. The van der Waals surface area contributed by atoms with E-state index in [1.807, 2.05) is 18.2 Å².